The van der Waals surface area contributed by atoms with Crippen molar-refractivity contribution in [2.45, 2.75) is 46.6 Å². The maximum atomic E-state index is 12.4. The van der Waals surface area contributed by atoms with Crippen LogP contribution in [0.4, 0.5) is 0 Å². The van der Waals surface area contributed by atoms with Gasteiger partial charge in [0, 0.05) is 5.39 Å². The number of ether oxygens (including phenoxy) is 1. The Labute approximate surface area is 138 Å². The minimum absolute atomic E-state index is 0.109. The predicted molar refractivity (Wildman–Crippen MR) is 93.4 cm³/mol. The summed E-state index contributed by atoms with van der Waals surface area (Å²) in [5.41, 5.74) is -0.129. The van der Waals surface area contributed by atoms with Crippen LogP contribution in [-0.4, -0.2) is 11.1 Å². The van der Waals surface area contributed by atoms with E-state index in [9.17, 15) is 9.90 Å². The van der Waals surface area contributed by atoms with E-state index in [2.05, 4.69) is 0 Å². The zero-order valence-corrected chi connectivity index (χ0v) is 14.6. The van der Waals surface area contributed by atoms with Crippen LogP contribution >= 0.6 is 0 Å². The lowest BCUT2D eigenvalue weighted by Crippen LogP contribution is -2.24. The van der Waals surface area contributed by atoms with Gasteiger partial charge in [-0.2, -0.15) is 0 Å². The predicted octanol–water partition coefficient (Wildman–Crippen LogP) is 4.65. The fourth-order valence-corrected chi connectivity index (χ4v) is 2.99. The number of aliphatic hydroxyl groups is 1. The standard InChI is InChI=1S/C20H26O3/c1-6-14(13(2)3)19(21)23-18-12-11-17(20(4,5)22)15-9-7-8-10-16(15)18/h7-14,22H,6H2,1-5H3. The summed E-state index contributed by atoms with van der Waals surface area (Å²) >= 11 is 0. The van der Waals surface area contributed by atoms with Crippen molar-refractivity contribution in [2.24, 2.45) is 11.8 Å². The summed E-state index contributed by atoms with van der Waals surface area (Å²) in [5, 5.41) is 12.1. The highest BCUT2D eigenvalue weighted by molar-refractivity contribution is 5.93. The summed E-state index contributed by atoms with van der Waals surface area (Å²) in [6, 6.07) is 11.3. The Morgan fingerprint density at radius 2 is 1.74 bits per heavy atom. The number of fused-ring (bicyclic) bond motifs is 1. The second-order valence-electron chi connectivity index (χ2n) is 6.90. The first-order valence-corrected chi connectivity index (χ1v) is 8.22. The topological polar surface area (TPSA) is 46.5 Å². The van der Waals surface area contributed by atoms with E-state index in [1.54, 1.807) is 19.9 Å². The van der Waals surface area contributed by atoms with E-state index in [0.29, 0.717) is 5.75 Å². The number of benzene rings is 2. The first-order chi connectivity index (χ1) is 10.8. The van der Waals surface area contributed by atoms with E-state index in [4.69, 9.17) is 4.74 Å². The molecule has 0 bridgehead atoms. The summed E-state index contributed by atoms with van der Waals surface area (Å²) < 4.78 is 5.69. The Bertz CT molecular complexity index is 696. The van der Waals surface area contributed by atoms with Gasteiger partial charge in [-0.05, 0) is 43.2 Å². The second-order valence-corrected chi connectivity index (χ2v) is 6.90. The number of carbonyl (C=O) groups excluding carboxylic acids is 1. The number of hydrogen-bond acceptors (Lipinski definition) is 3. The van der Waals surface area contributed by atoms with Crippen molar-refractivity contribution in [3.8, 4) is 5.75 Å². The van der Waals surface area contributed by atoms with Crippen molar-refractivity contribution < 1.29 is 14.6 Å². The molecule has 3 heteroatoms. The smallest absolute Gasteiger partial charge is 0.314 e. The molecule has 0 fully saturated rings. The molecule has 0 aliphatic carbocycles. The van der Waals surface area contributed by atoms with Crippen LogP contribution in [0.2, 0.25) is 0 Å². The van der Waals surface area contributed by atoms with Gasteiger partial charge in [0.2, 0.25) is 0 Å². The van der Waals surface area contributed by atoms with Crippen molar-refractivity contribution in [1.82, 2.24) is 0 Å². The van der Waals surface area contributed by atoms with Crippen molar-refractivity contribution in [1.29, 1.82) is 0 Å². The Morgan fingerprint density at radius 3 is 2.26 bits per heavy atom. The highest BCUT2D eigenvalue weighted by Crippen LogP contribution is 2.34. The molecule has 0 saturated carbocycles. The molecule has 0 spiro atoms. The number of rotatable bonds is 5. The Hall–Kier alpha value is -1.87. The SMILES string of the molecule is CCC(C(=O)Oc1ccc(C(C)(C)O)c2ccccc12)C(C)C. The van der Waals surface area contributed by atoms with Gasteiger partial charge in [-0.15, -0.1) is 0 Å². The lowest BCUT2D eigenvalue weighted by atomic mass is 9.92. The molecular weight excluding hydrogens is 288 g/mol. The molecule has 2 rings (SSSR count). The monoisotopic (exact) mass is 314 g/mol. The molecule has 1 atom stereocenters. The van der Waals surface area contributed by atoms with Crippen molar-refractivity contribution in [3.05, 3.63) is 42.0 Å². The average Bonchev–Trinajstić information content (AvgIpc) is 2.46. The Morgan fingerprint density at radius 1 is 1.13 bits per heavy atom. The molecule has 1 unspecified atom stereocenters. The van der Waals surface area contributed by atoms with Crippen LogP contribution in [-0.2, 0) is 10.4 Å². The van der Waals surface area contributed by atoms with Crippen LogP contribution < -0.4 is 4.74 Å². The maximum Gasteiger partial charge on any atom is 0.314 e. The minimum atomic E-state index is -0.952. The molecule has 3 nitrogen and oxygen atoms in total. The average molecular weight is 314 g/mol. The van der Waals surface area contributed by atoms with Crippen LogP contribution in [0.3, 0.4) is 0 Å². The minimum Gasteiger partial charge on any atom is -0.426 e. The normalized spacial score (nSPS) is 13.3. The summed E-state index contributed by atoms with van der Waals surface area (Å²) in [6.45, 7) is 9.58. The van der Waals surface area contributed by atoms with E-state index in [1.807, 2.05) is 51.1 Å². The van der Waals surface area contributed by atoms with Crippen molar-refractivity contribution in [3.63, 3.8) is 0 Å². The summed E-state index contributed by atoms with van der Waals surface area (Å²) in [6.07, 6.45) is 0.760. The van der Waals surface area contributed by atoms with E-state index in [-0.39, 0.29) is 17.8 Å². The molecule has 1 N–H and O–H groups in total. The lowest BCUT2D eigenvalue weighted by molar-refractivity contribution is -0.140. The van der Waals surface area contributed by atoms with Gasteiger partial charge >= 0.3 is 5.97 Å². The molecule has 2 aromatic carbocycles. The van der Waals surface area contributed by atoms with Crippen LogP contribution in [0, 0.1) is 11.8 Å². The van der Waals surface area contributed by atoms with Gasteiger partial charge in [-0.3, -0.25) is 4.79 Å². The zero-order valence-electron chi connectivity index (χ0n) is 14.6. The Kier molecular flexibility index (Phi) is 5.10. The first kappa shape index (κ1) is 17.5. The van der Waals surface area contributed by atoms with Gasteiger partial charge in [0.25, 0.3) is 0 Å². The van der Waals surface area contributed by atoms with Crippen LogP contribution in [0.15, 0.2) is 36.4 Å². The molecule has 23 heavy (non-hydrogen) atoms. The number of carbonyl (C=O) groups is 1. The van der Waals surface area contributed by atoms with Gasteiger partial charge in [-0.25, -0.2) is 0 Å². The van der Waals surface area contributed by atoms with Gasteiger partial charge < -0.3 is 9.84 Å². The van der Waals surface area contributed by atoms with E-state index in [1.165, 1.54) is 0 Å². The Balaban J connectivity index is 2.46. The third-order valence-electron chi connectivity index (χ3n) is 4.30. The van der Waals surface area contributed by atoms with Gasteiger partial charge in [0.05, 0.1) is 11.5 Å². The van der Waals surface area contributed by atoms with E-state index < -0.39 is 5.60 Å². The molecule has 0 aliphatic heterocycles. The summed E-state index contributed by atoms with van der Waals surface area (Å²) in [7, 11) is 0. The molecule has 0 saturated heterocycles. The molecule has 2 aromatic rings. The molecule has 0 heterocycles. The fourth-order valence-electron chi connectivity index (χ4n) is 2.99. The second kappa shape index (κ2) is 6.71. The van der Waals surface area contributed by atoms with Gasteiger partial charge in [0.15, 0.2) is 0 Å². The maximum absolute atomic E-state index is 12.4. The fraction of sp³-hybridized carbons (Fsp3) is 0.450. The van der Waals surface area contributed by atoms with Crippen molar-refractivity contribution in [2.75, 3.05) is 0 Å². The van der Waals surface area contributed by atoms with E-state index >= 15 is 0 Å². The quantitative estimate of drug-likeness (QED) is 0.645. The highest BCUT2D eigenvalue weighted by Gasteiger charge is 2.24. The molecule has 0 aliphatic rings. The largest absolute Gasteiger partial charge is 0.426 e. The van der Waals surface area contributed by atoms with Crippen LogP contribution in [0.1, 0.15) is 46.6 Å². The first-order valence-electron chi connectivity index (χ1n) is 8.22. The molecular formula is C20H26O3. The van der Waals surface area contributed by atoms with Gasteiger partial charge in [-0.1, -0.05) is 51.1 Å². The summed E-state index contributed by atoms with van der Waals surface area (Å²) in [5.74, 6) is 0.499. The number of esters is 1. The molecule has 0 amide bonds. The summed E-state index contributed by atoms with van der Waals surface area (Å²) in [4.78, 5) is 12.4. The zero-order chi connectivity index (χ0) is 17.2. The lowest BCUT2D eigenvalue weighted by Gasteiger charge is -2.22. The molecule has 0 aromatic heterocycles. The van der Waals surface area contributed by atoms with Crippen LogP contribution in [0.25, 0.3) is 10.8 Å². The van der Waals surface area contributed by atoms with Crippen LogP contribution in [0.5, 0.6) is 5.75 Å². The third kappa shape index (κ3) is 3.73. The van der Waals surface area contributed by atoms with Gasteiger partial charge in [0.1, 0.15) is 5.75 Å². The number of hydrogen-bond donors (Lipinski definition) is 1. The molecule has 124 valence electrons. The van der Waals surface area contributed by atoms with Crippen molar-refractivity contribution >= 4 is 16.7 Å². The third-order valence-corrected chi connectivity index (χ3v) is 4.30. The van der Waals surface area contributed by atoms with E-state index in [0.717, 1.165) is 22.8 Å². The molecule has 0 radical (unpaired) electrons. The highest BCUT2D eigenvalue weighted by atomic mass is 16.5.